The summed E-state index contributed by atoms with van der Waals surface area (Å²) in [7, 11) is 1.41. The van der Waals surface area contributed by atoms with E-state index in [2.05, 4.69) is 5.32 Å². The molecule has 3 amide bonds. The van der Waals surface area contributed by atoms with E-state index in [1.54, 1.807) is 20.8 Å². The molecule has 1 unspecified atom stereocenters. The van der Waals surface area contributed by atoms with Crippen LogP contribution in [0, 0.1) is 0 Å². The van der Waals surface area contributed by atoms with Crippen molar-refractivity contribution >= 4 is 17.7 Å². The molecule has 1 atom stereocenters. The molecular formula is C10H16N2O4. The number of carbonyl (C=O) groups excluding carboxylic acids is 3. The third kappa shape index (κ3) is 2.21. The van der Waals surface area contributed by atoms with Gasteiger partial charge in [0.15, 0.2) is 0 Å². The summed E-state index contributed by atoms with van der Waals surface area (Å²) in [6.45, 7) is 4.65. The number of carbonyl (C=O) groups is 3. The molecule has 1 aliphatic rings. The molecule has 0 radical (unpaired) electrons. The van der Waals surface area contributed by atoms with Crippen LogP contribution in [0.2, 0.25) is 0 Å². The van der Waals surface area contributed by atoms with Gasteiger partial charge in [-0.1, -0.05) is 0 Å². The summed E-state index contributed by atoms with van der Waals surface area (Å²) in [6.07, 6.45) is 0. The van der Waals surface area contributed by atoms with Crippen molar-refractivity contribution in [2.75, 3.05) is 13.7 Å². The van der Waals surface area contributed by atoms with Crippen molar-refractivity contribution < 1.29 is 19.1 Å². The quantitative estimate of drug-likeness (QED) is 0.633. The highest BCUT2D eigenvalue weighted by molar-refractivity contribution is 6.05. The third-order valence-corrected chi connectivity index (χ3v) is 2.71. The number of piperazine rings is 1. The number of imide groups is 1. The molecule has 6 nitrogen and oxygen atoms in total. The van der Waals surface area contributed by atoms with Gasteiger partial charge in [-0.2, -0.15) is 0 Å². The Morgan fingerprint density at radius 1 is 1.50 bits per heavy atom. The van der Waals surface area contributed by atoms with E-state index in [1.807, 2.05) is 0 Å². The maximum atomic E-state index is 12.0. The maximum Gasteiger partial charge on any atom is 0.255 e. The van der Waals surface area contributed by atoms with E-state index >= 15 is 0 Å². The van der Waals surface area contributed by atoms with Crippen LogP contribution in [0.15, 0.2) is 0 Å². The molecule has 16 heavy (non-hydrogen) atoms. The normalized spacial score (nSPS) is 22.0. The van der Waals surface area contributed by atoms with Crippen LogP contribution in [0.5, 0.6) is 0 Å². The molecule has 1 N–H and O–H groups in total. The Morgan fingerprint density at radius 3 is 2.56 bits per heavy atom. The Labute approximate surface area is 93.9 Å². The molecule has 0 aliphatic carbocycles. The summed E-state index contributed by atoms with van der Waals surface area (Å²) in [5.41, 5.74) is -1.04. The monoisotopic (exact) mass is 228 g/mol. The fraction of sp³-hybridized carbons (Fsp3) is 0.700. The second kappa shape index (κ2) is 4.21. The van der Waals surface area contributed by atoms with E-state index in [9.17, 15) is 14.4 Å². The van der Waals surface area contributed by atoms with Crippen molar-refractivity contribution in [3.8, 4) is 0 Å². The van der Waals surface area contributed by atoms with Crippen LogP contribution in [-0.4, -0.2) is 47.9 Å². The highest BCUT2D eigenvalue weighted by atomic mass is 16.5. The van der Waals surface area contributed by atoms with Gasteiger partial charge in [0.05, 0.1) is 0 Å². The predicted octanol–water partition coefficient (Wildman–Crippen LogP) is -0.715. The highest BCUT2D eigenvalue weighted by Gasteiger charge is 2.40. The second-order valence-corrected chi connectivity index (χ2v) is 4.24. The van der Waals surface area contributed by atoms with Crippen molar-refractivity contribution in [1.82, 2.24) is 10.2 Å². The van der Waals surface area contributed by atoms with Crippen molar-refractivity contribution in [1.29, 1.82) is 0 Å². The van der Waals surface area contributed by atoms with Crippen LogP contribution in [0.4, 0.5) is 0 Å². The summed E-state index contributed by atoms with van der Waals surface area (Å²) in [6, 6.07) is -0.653. The molecule has 1 fully saturated rings. The van der Waals surface area contributed by atoms with Gasteiger partial charge in [-0.25, -0.2) is 0 Å². The Kier molecular flexibility index (Phi) is 3.32. The molecule has 1 rings (SSSR count). The van der Waals surface area contributed by atoms with Crippen LogP contribution in [0.25, 0.3) is 0 Å². The summed E-state index contributed by atoms with van der Waals surface area (Å²) >= 11 is 0. The lowest BCUT2D eigenvalue weighted by Crippen LogP contribution is -2.62. The first-order valence-electron chi connectivity index (χ1n) is 4.99. The van der Waals surface area contributed by atoms with Gasteiger partial charge in [0.2, 0.25) is 11.8 Å². The van der Waals surface area contributed by atoms with Crippen molar-refractivity contribution in [3.05, 3.63) is 0 Å². The van der Waals surface area contributed by atoms with Gasteiger partial charge in [-0.05, 0) is 20.8 Å². The number of nitrogens with zero attached hydrogens (tertiary/aromatic N) is 1. The molecule has 90 valence electrons. The zero-order chi connectivity index (χ0) is 12.5. The van der Waals surface area contributed by atoms with Crippen LogP contribution < -0.4 is 5.32 Å². The average Bonchev–Trinajstić information content (AvgIpc) is 2.22. The van der Waals surface area contributed by atoms with Crippen LogP contribution in [0.1, 0.15) is 20.8 Å². The molecule has 0 bridgehead atoms. The number of nitrogens with one attached hydrogen (secondary N) is 1. The SMILES string of the molecule is COC(C)(C)C(=O)N1CC(=O)NC(=O)C1C. The van der Waals surface area contributed by atoms with E-state index in [4.69, 9.17) is 4.74 Å². The van der Waals surface area contributed by atoms with Crippen LogP contribution in [-0.2, 0) is 19.1 Å². The Balaban J connectivity index is 2.90. The smallest absolute Gasteiger partial charge is 0.255 e. The maximum absolute atomic E-state index is 12.0. The Hall–Kier alpha value is -1.43. The Morgan fingerprint density at radius 2 is 2.06 bits per heavy atom. The molecule has 1 aliphatic heterocycles. The van der Waals surface area contributed by atoms with E-state index in [0.717, 1.165) is 0 Å². The highest BCUT2D eigenvalue weighted by Crippen LogP contribution is 2.16. The van der Waals surface area contributed by atoms with E-state index in [-0.39, 0.29) is 12.5 Å². The topological polar surface area (TPSA) is 75.7 Å². The lowest BCUT2D eigenvalue weighted by molar-refractivity contribution is -0.161. The summed E-state index contributed by atoms with van der Waals surface area (Å²) in [5.74, 6) is -1.30. The molecule has 0 spiro atoms. The van der Waals surface area contributed by atoms with Gasteiger partial charge in [0.1, 0.15) is 18.2 Å². The number of methoxy groups -OCH3 is 1. The van der Waals surface area contributed by atoms with E-state index in [0.29, 0.717) is 0 Å². The Bertz CT molecular complexity index is 338. The summed E-state index contributed by atoms with van der Waals surface area (Å²) < 4.78 is 5.04. The molecule has 0 aromatic carbocycles. The molecule has 0 aromatic rings. The fourth-order valence-corrected chi connectivity index (χ4v) is 1.40. The molecule has 0 saturated carbocycles. The number of ether oxygens (including phenoxy) is 1. The molecule has 1 saturated heterocycles. The third-order valence-electron chi connectivity index (χ3n) is 2.71. The zero-order valence-corrected chi connectivity index (χ0v) is 9.86. The van der Waals surface area contributed by atoms with Gasteiger partial charge < -0.3 is 9.64 Å². The van der Waals surface area contributed by atoms with E-state index < -0.39 is 23.5 Å². The van der Waals surface area contributed by atoms with Crippen molar-refractivity contribution in [2.24, 2.45) is 0 Å². The number of amides is 3. The molecule has 6 heteroatoms. The minimum atomic E-state index is -1.04. The van der Waals surface area contributed by atoms with Crippen LogP contribution in [0.3, 0.4) is 0 Å². The summed E-state index contributed by atoms with van der Waals surface area (Å²) in [5, 5.41) is 2.17. The number of hydrogen-bond acceptors (Lipinski definition) is 4. The first kappa shape index (κ1) is 12.6. The van der Waals surface area contributed by atoms with Crippen molar-refractivity contribution in [3.63, 3.8) is 0 Å². The number of rotatable bonds is 2. The van der Waals surface area contributed by atoms with Crippen molar-refractivity contribution in [2.45, 2.75) is 32.4 Å². The lowest BCUT2D eigenvalue weighted by atomic mass is 10.1. The van der Waals surface area contributed by atoms with E-state index in [1.165, 1.54) is 12.0 Å². The zero-order valence-electron chi connectivity index (χ0n) is 9.86. The lowest BCUT2D eigenvalue weighted by Gasteiger charge is -2.36. The minimum absolute atomic E-state index is 0.113. The standard InChI is InChI=1S/C10H16N2O4/c1-6-8(14)11-7(13)5-12(6)9(15)10(2,3)16-4/h6H,5H2,1-4H3,(H,11,13,14). The van der Waals surface area contributed by atoms with Gasteiger partial charge in [0, 0.05) is 7.11 Å². The van der Waals surface area contributed by atoms with Crippen LogP contribution >= 0.6 is 0 Å². The van der Waals surface area contributed by atoms with Gasteiger partial charge >= 0.3 is 0 Å². The first-order chi connectivity index (χ1) is 7.29. The number of hydrogen-bond donors (Lipinski definition) is 1. The fourth-order valence-electron chi connectivity index (χ4n) is 1.40. The van der Waals surface area contributed by atoms with Gasteiger partial charge in [-0.15, -0.1) is 0 Å². The molecule has 1 heterocycles. The van der Waals surface area contributed by atoms with Gasteiger partial charge in [-0.3, -0.25) is 19.7 Å². The first-order valence-corrected chi connectivity index (χ1v) is 4.99. The largest absolute Gasteiger partial charge is 0.369 e. The minimum Gasteiger partial charge on any atom is -0.369 e. The average molecular weight is 228 g/mol. The second-order valence-electron chi connectivity index (χ2n) is 4.24. The predicted molar refractivity (Wildman–Crippen MR) is 55.4 cm³/mol. The van der Waals surface area contributed by atoms with Gasteiger partial charge in [0.25, 0.3) is 5.91 Å². The molecule has 0 aromatic heterocycles. The summed E-state index contributed by atoms with van der Waals surface area (Å²) in [4.78, 5) is 35.8. The molecular weight excluding hydrogens is 212 g/mol.